The van der Waals surface area contributed by atoms with Crippen LogP contribution in [0.4, 0.5) is 0 Å². The number of allylic oxidation sites excluding steroid dienone is 1. The Morgan fingerprint density at radius 2 is 2.05 bits per heavy atom. The first-order valence-electron chi connectivity index (χ1n) is 6.80. The lowest BCUT2D eigenvalue weighted by atomic mass is 10.0. The number of carbonyl (C=O) groups is 1. The summed E-state index contributed by atoms with van der Waals surface area (Å²) in [5.74, 6) is 1.35. The largest absolute Gasteiger partial charge is 0.506 e. The first kappa shape index (κ1) is 14.0. The van der Waals surface area contributed by atoms with E-state index in [-0.39, 0.29) is 11.5 Å². The molecule has 1 N–H and O–H groups in total. The van der Waals surface area contributed by atoms with E-state index in [1.165, 1.54) is 13.0 Å². The topological polar surface area (TPSA) is 76.2 Å². The first-order valence-corrected chi connectivity index (χ1v) is 6.80. The molecule has 5 heteroatoms. The number of hydrogen-bond donors (Lipinski definition) is 1. The number of aromatic hydroxyl groups is 1. The molecule has 0 unspecified atom stereocenters. The van der Waals surface area contributed by atoms with E-state index in [0.717, 1.165) is 5.76 Å². The van der Waals surface area contributed by atoms with E-state index in [9.17, 15) is 9.90 Å². The maximum atomic E-state index is 11.2. The molecular weight excluding hydrogens is 280 g/mol. The maximum absolute atomic E-state index is 11.2. The van der Waals surface area contributed by atoms with E-state index in [4.69, 9.17) is 4.42 Å². The van der Waals surface area contributed by atoms with Gasteiger partial charge in [0.25, 0.3) is 0 Å². The minimum atomic E-state index is -0.0839. The molecule has 0 saturated carbocycles. The van der Waals surface area contributed by atoms with Gasteiger partial charge in [-0.1, -0.05) is 12.1 Å². The van der Waals surface area contributed by atoms with E-state index in [1.54, 1.807) is 18.2 Å². The SMILES string of the molecule is CC(=O)/C=C/c1nnc2c(O)cccc2c1-c1ccc(C)o1. The van der Waals surface area contributed by atoms with Gasteiger partial charge in [-0.15, -0.1) is 10.2 Å². The summed E-state index contributed by atoms with van der Waals surface area (Å²) in [6.45, 7) is 3.32. The molecule has 0 bridgehead atoms. The smallest absolute Gasteiger partial charge is 0.152 e. The molecule has 5 nitrogen and oxygen atoms in total. The summed E-state index contributed by atoms with van der Waals surface area (Å²) in [6.07, 6.45) is 3.03. The van der Waals surface area contributed by atoms with Gasteiger partial charge in [0.15, 0.2) is 5.78 Å². The number of ketones is 1. The first-order chi connectivity index (χ1) is 10.6. The highest BCUT2D eigenvalue weighted by Crippen LogP contribution is 2.34. The van der Waals surface area contributed by atoms with Gasteiger partial charge in [-0.25, -0.2) is 0 Å². The Bertz CT molecular complexity index is 894. The third-order valence-corrected chi connectivity index (χ3v) is 3.26. The second-order valence-corrected chi connectivity index (χ2v) is 4.99. The zero-order valence-corrected chi connectivity index (χ0v) is 12.2. The molecule has 0 fully saturated rings. The molecule has 3 rings (SSSR count). The fourth-order valence-corrected chi connectivity index (χ4v) is 2.27. The Balaban J connectivity index is 2.34. The van der Waals surface area contributed by atoms with Crippen LogP contribution in [0.2, 0.25) is 0 Å². The van der Waals surface area contributed by atoms with Gasteiger partial charge in [0.1, 0.15) is 22.8 Å². The highest BCUT2D eigenvalue weighted by molar-refractivity contribution is 6.00. The molecule has 0 aliphatic heterocycles. The number of benzene rings is 1. The molecule has 0 amide bonds. The summed E-state index contributed by atoms with van der Waals surface area (Å²) in [6, 6.07) is 8.81. The summed E-state index contributed by atoms with van der Waals surface area (Å²) < 4.78 is 5.70. The third kappa shape index (κ3) is 2.48. The van der Waals surface area contributed by atoms with Crippen molar-refractivity contribution in [1.82, 2.24) is 10.2 Å². The van der Waals surface area contributed by atoms with Gasteiger partial charge in [-0.3, -0.25) is 4.79 Å². The second kappa shape index (κ2) is 5.44. The number of hydrogen-bond acceptors (Lipinski definition) is 5. The van der Waals surface area contributed by atoms with Crippen LogP contribution in [0.3, 0.4) is 0 Å². The van der Waals surface area contributed by atoms with Gasteiger partial charge in [-0.05, 0) is 44.2 Å². The number of phenols is 1. The lowest BCUT2D eigenvalue weighted by Crippen LogP contribution is -1.95. The molecule has 0 atom stereocenters. The van der Waals surface area contributed by atoms with E-state index in [1.807, 2.05) is 25.1 Å². The van der Waals surface area contributed by atoms with Crippen molar-refractivity contribution in [2.75, 3.05) is 0 Å². The number of fused-ring (bicyclic) bond motifs is 1. The van der Waals surface area contributed by atoms with Crippen molar-refractivity contribution in [1.29, 1.82) is 0 Å². The predicted octanol–water partition coefficient (Wildman–Crippen LogP) is 3.51. The van der Waals surface area contributed by atoms with Gasteiger partial charge in [-0.2, -0.15) is 0 Å². The molecule has 0 saturated heterocycles. The fourth-order valence-electron chi connectivity index (χ4n) is 2.27. The molecule has 2 heterocycles. The number of nitrogens with zero attached hydrogens (tertiary/aromatic N) is 2. The van der Waals surface area contributed by atoms with Gasteiger partial charge in [0.05, 0.1) is 11.3 Å². The van der Waals surface area contributed by atoms with Gasteiger partial charge < -0.3 is 9.52 Å². The van der Waals surface area contributed by atoms with Crippen molar-refractivity contribution >= 4 is 22.8 Å². The number of carbonyl (C=O) groups excluding carboxylic acids is 1. The Morgan fingerprint density at radius 1 is 1.23 bits per heavy atom. The molecule has 1 aromatic carbocycles. The van der Waals surface area contributed by atoms with E-state index in [0.29, 0.717) is 27.9 Å². The summed E-state index contributed by atoms with van der Waals surface area (Å²) in [5.41, 5.74) is 1.61. The van der Waals surface area contributed by atoms with Crippen LogP contribution in [-0.4, -0.2) is 21.1 Å². The van der Waals surface area contributed by atoms with Crippen LogP contribution in [0.15, 0.2) is 40.8 Å². The molecule has 2 aromatic heterocycles. The van der Waals surface area contributed by atoms with E-state index in [2.05, 4.69) is 10.2 Å². The van der Waals surface area contributed by atoms with Gasteiger partial charge >= 0.3 is 0 Å². The molecular formula is C17H14N2O3. The van der Waals surface area contributed by atoms with Crippen LogP contribution in [0.5, 0.6) is 5.75 Å². The molecule has 110 valence electrons. The van der Waals surface area contributed by atoms with E-state index >= 15 is 0 Å². The van der Waals surface area contributed by atoms with Crippen LogP contribution in [0, 0.1) is 6.92 Å². The van der Waals surface area contributed by atoms with Gasteiger partial charge in [0, 0.05) is 5.39 Å². The quantitative estimate of drug-likeness (QED) is 0.748. The lowest BCUT2D eigenvalue weighted by molar-refractivity contribution is -0.112. The standard InChI is InChI=1S/C17H14N2O3/c1-10(20)6-8-13-16(15-9-7-11(2)22-15)12-4-3-5-14(21)17(12)19-18-13/h3-9,21H,1-2H3/b8-6+. The van der Waals surface area contributed by atoms with Crippen molar-refractivity contribution in [2.45, 2.75) is 13.8 Å². The van der Waals surface area contributed by atoms with Crippen molar-refractivity contribution in [3.8, 4) is 17.1 Å². The summed E-state index contributed by atoms with van der Waals surface area (Å²) in [4.78, 5) is 11.2. The maximum Gasteiger partial charge on any atom is 0.152 e. The lowest BCUT2D eigenvalue weighted by Gasteiger charge is -2.07. The number of aryl methyl sites for hydroxylation is 1. The molecule has 0 aliphatic carbocycles. The van der Waals surface area contributed by atoms with Crippen molar-refractivity contribution in [3.63, 3.8) is 0 Å². The zero-order valence-electron chi connectivity index (χ0n) is 12.2. The molecule has 3 aromatic rings. The van der Waals surface area contributed by atoms with Crippen LogP contribution in [0.1, 0.15) is 18.4 Å². The monoisotopic (exact) mass is 294 g/mol. The van der Waals surface area contributed by atoms with E-state index < -0.39 is 0 Å². The van der Waals surface area contributed by atoms with Crippen molar-refractivity contribution < 1.29 is 14.3 Å². The van der Waals surface area contributed by atoms with Crippen LogP contribution in [-0.2, 0) is 4.79 Å². The fraction of sp³-hybridized carbons (Fsp3) is 0.118. The van der Waals surface area contributed by atoms with Crippen LogP contribution in [0.25, 0.3) is 28.3 Å². The molecule has 22 heavy (non-hydrogen) atoms. The Kier molecular flexibility index (Phi) is 3.47. The Hall–Kier alpha value is -2.95. The third-order valence-electron chi connectivity index (χ3n) is 3.26. The number of rotatable bonds is 3. The Labute approximate surface area is 126 Å². The minimum Gasteiger partial charge on any atom is -0.506 e. The number of aromatic nitrogens is 2. The summed E-state index contributed by atoms with van der Waals surface area (Å²) in [7, 11) is 0. The second-order valence-electron chi connectivity index (χ2n) is 4.99. The number of phenolic OH excluding ortho intramolecular Hbond substituents is 1. The average molecular weight is 294 g/mol. The Morgan fingerprint density at radius 3 is 2.73 bits per heavy atom. The van der Waals surface area contributed by atoms with Gasteiger partial charge in [0.2, 0.25) is 0 Å². The zero-order chi connectivity index (χ0) is 15.7. The normalized spacial score (nSPS) is 11.4. The minimum absolute atomic E-state index is 0.0524. The van der Waals surface area contributed by atoms with Crippen molar-refractivity contribution in [3.05, 3.63) is 47.9 Å². The highest BCUT2D eigenvalue weighted by atomic mass is 16.3. The number of furan rings is 1. The summed E-state index contributed by atoms with van der Waals surface area (Å²) >= 11 is 0. The van der Waals surface area contributed by atoms with Crippen LogP contribution < -0.4 is 0 Å². The molecule has 0 spiro atoms. The summed E-state index contributed by atoms with van der Waals surface area (Å²) in [5, 5.41) is 18.8. The predicted molar refractivity (Wildman–Crippen MR) is 83.4 cm³/mol. The highest BCUT2D eigenvalue weighted by Gasteiger charge is 2.16. The van der Waals surface area contributed by atoms with Crippen LogP contribution >= 0.6 is 0 Å². The molecule has 0 radical (unpaired) electrons. The average Bonchev–Trinajstić information content (AvgIpc) is 2.91. The molecule has 0 aliphatic rings. The van der Waals surface area contributed by atoms with Crippen molar-refractivity contribution in [2.24, 2.45) is 0 Å².